The van der Waals surface area contributed by atoms with Crippen LogP contribution in [0.3, 0.4) is 0 Å². The zero-order valence-electron chi connectivity index (χ0n) is 42.4. The average molecular weight is 1070 g/mol. The maximum Gasteiger partial charge on any atom is 0.329 e. The lowest BCUT2D eigenvalue weighted by atomic mass is 9.76. The van der Waals surface area contributed by atoms with E-state index in [0.29, 0.717) is 63.8 Å². The summed E-state index contributed by atoms with van der Waals surface area (Å²) in [7, 11) is 1.54. The van der Waals surface area contributed by atoms with Gasteiger partial charge in [-0.2, -0.15) is 5.10 Å². The number of nitrogens with one attached hydrogen (secondary N) is 2. The number of nitrogens with two attached hydrogens (primary N) is 1. The molecule has 1 aromatic heterocycles. The van der Waals surface area contributed by atoms with E-state index in [0.717, 1.165) is 11.6 Å². The van der Waals surface area contributed by atoms with Crippen molar-refractivity contribution in [3.8, 4) is 22.6 Å². The molecule has 0 bridgehead atoms. The lowest BCUT2D eigenvalue weighted by molar-refractivity contribution is -0.157. The predicted octanol–water partition coefficient (Wildman–Crippen LogP) is 7.14. The molecule has 1 aliphatic carbocycles. The van der Waals surface area contributed by atoms with Gasteiger partial charge in [-0.15, -0.1) is 0 Å². The molecule has 21 heteroatoms. The Hall–Kier alpha value is -6.32. The van der Waals surface area contributed by atoms with E-state index in [1.807, 2.05) is 44.2 Å². The molecule has 404 valence electrons. The van der Waals surface area contributed by atoms with Crippen molar-refractivity contribution >= 4 is 52.1 Å². The fraction of sp³-hybridized carbons (Fsp3) is 0.473. The number of urea groups is 1. The molecule has 10 rings (SSSR count). The first-order valence-corrected chi connectivity index (χ1v) is 26.3. The van der Waals surface area contributed by atoms with E-state index >= 15 is 17.6 Å². The zero-order chi connectivity index (χ0) is 54.0. The highest BCUT2D eigenvalue weighted by atomic mass is 35.5. The van der Waals surface area contributed by atoms with Gasteiger partial charge in [-0.1, -0.05) is 55.8 Å². The second kappa shape index (κ2) is 20.9. The van der Waals surface area contributed by atoms with Crippen molar-refractivity contribution in [2.24, 2.45) is 18.7 Å². The van der Waals surface area contributed by atoms with E-state index in [1.54, 1.807) is 11.9 Å². The van der Waals surface area contributed by atoms with Gasteiger partial charge >= 0.3 is 6.03 Å². The highest BCUT2D eigenvalue weighted by Crippen LogP contribution is 2.57. The molecule has 0 unspecified atom stereocenters. The van der Waals surface area contributed by atoms with Crippen LogP contribution in [-0.2, 0) is 22.2 Å². The molecule has 4 aliphatic heterocycles. The number of aliphatic hydroxyl groups is 2. The van der Waals surface area contributed by atoms with E-state index in [4.69, 9.17) is 26.8 Å². The van der Waals surface area contributed by atoms with E-state index in [1.165, 1.54) is 27.8 Å². The van der Waals surface area contributed by atoms with Gasteiger partial charge in [-0.3, -0.25) is 34.2 Å². The maximum absolute atomic E-state index is 16.5. The summed E-state index contributed by atoms with van der Waals surface area (Å²) in [5, 5.41) is 31.2. The summed E-state index contributed by atoms with van der Waals surface area (Å²) in [4.78, 5) is 56.6. The van der Waals surface area contributed by atoms with Crippen LogP contribution in [0.5, 0.6) is 11.5 Å². The lowest BCUT2D eigenvalue weighted by Crippen LogP contribution is -2.57. The summed E-state index contributed by atoms with van der Waals surface area (Å²) in [6.07, 6.45) is 3.18. The minimum Gasteiger partial charge on any atom is -0.488 e. The monoisotopic (exact) mass is 1070 g/mol. The number of primary amides is 1. The number of aliphatic hydroxyl groups excluding tert-OH is 1. The van der Waals surface area contributed by atoms with Gasteiger partial charge in [0, 0.05) is 92.5 Å². The van der Waals surface area contributed by atoms with E-state index in [2.05, 4.69) is 20.6 Å². The molecular formula is C55H61ClF4N8O8. The number of fused-ring (bicyclic) bond motifs is 2. The maximum atomic E-state index is 16.5. The van der Waals surface area contributed by atoms with Gasteiger partial charge in [0.1, 0.15) is 35.1 Å². The zero-order valence-corrected chi connectivity index (χ0v) is 43.2. The third-order valence-corrected chi connectivity index (χ3v) is 17.0. The Morgan fingerprint density at radius 1 is 0.934 bits per heavy atom. The van der Waals surface area contributed by atoms with Crippen LogP contribution in [0.2, 0.25) is 5.02 Å². The van der Waals surface area contributed by atoms with Crippen LogP contribution < -0.4 is 30.7 Å². The number of hydrogen-bond donors (Lipinski definition) is 5. The number of benzene rings is 4. The van der Waals surface area contributed by atoms with Gasteiger partial charge in [0.15, 0.2) is 28.8 Å². The van der Waals surface area contributed by atoms with Crippen LogP contribution in [0, 0.1) is 29.2 Å². The summed E-state index contributed by atoms with van der Waals surface area (Å²) in [5.41, 5.74) is 3.38. The number of amides is 5. The van der Waals surface area contributed by atoms with Crippen molar-refractivity contribution in [3.05, 3.63) is 105 Å². The normalized spacial score (nSPS) is 25.4. The molecule has 4 fully saturated rings. The van der Waals surface area contributed by atoms with Crippen LogP contribution in [0.15, 0.2) is 54.6 Å². The Balaban J connectivity index is 0.777. The Morgan fingerprint density at radius 2 is 1.66 bits per heavy atom. The van der Waals surface area contributed by atoms with Crippen molar-refractivity contribution in [2.45, 2.75) is 100 Å². The van der Waals surface area contributed by atoms with Crippen LogP contribution in [-0.4, -0.2) is 124 Å². The summed E-state index contributed by atoms with van der Waals surface area (Å²) in [5.74, 6) is -6.37. The first-order chi connectivity index (χ1) is 36.3. The van der Waals surface area contributed by atoms with Gasteiger partial charge in [-0.25, -0.2) is 22.4 Å². The molecule has 4 aromatic carbocycles. The fourth-order valence-electron chi connectivity index (χ4n) is 12.6. The van der Waals surface area contributed by atoms with Gasteiger partial charge < -0.3 is 35.6 Å². The minimum absolute atomic E-state index is 0.00575. The second-order valence-electron chi connectivity index (χ2n) is 21.0. The number of halogens is 5. The second-order valence-corrected chi connectivity index (χ2v) is 21.4. The smallest absolute Gasteiger partial charge is 0.329 e. The first-order valence-electron chi connectivity index (χ1n) is 25.9. The van der Waals surface area contributed by atoms with Gasteiger partial charge in [0.25, 0.3) is 5.91 Å². The fourth-order valence-corrected chi connectivity index (χ4v) is 12.9. The van der Waals surface area contributed by atoms with Gasteiger partial charge in [0.2, 0.25) is 11.8 Å². The van der Waals surface area contributed by atoms with Crippen molar-refractivity contribution in [3.63, 3.8) is 0 Å². The number of nitrogens with zero attached hydrogens (tertiary/aromatic N) is 5. The number of imide groups is 1. The number of aryl methyl sites for hydroxylation is 1. The predicted molar refractivity (Wildman–Crippen MR) is 274 cm³/mol. The Bertz CT molecular complexity index is 3110. The summed E-state index contributed by atoms with van der Waals surface area (Å²) in [6.45, 7) is 5.47. The van der Waals surface area contributed by atoms with E-state index < -0.39 is 75.8 Å². The van der Waals surface area contributed by atoms with Gasteiger partial charge in [0.05, 0.1) is 22.6 Å². The van der Waals surface area contributed by atoms with Gasteiger partial charge in [-0.05, 0) is 87.1 Å². The number of carbonyl (C=O) groups is 4. The topological polar surface area (TPSA) is 205 Å². The quantitative estimate of drug-likeness (QED) is 0.0750. The number of piperidine rings is 2. The minimum atomic E-state index is -1.58. The number of ether oxygens (including phenoxy) is 2. The number of likely N-dealkylation sites (tertiary alicyclic amines) is 2. The molecule has 4 atom stereocenters. The largest absolute Gasteiger partial charge is 0.488 e. The summed E-state index contributed by atoms with van der Waals surface area (Å²) < 4.78 is 78.4. The molecular weight excluding hydrogens is 1010 g/mol. The highest BCUT2D eigenvalue weighted by molar-refractivity contribution is 6.34. The number of carbonyl (C=O) groups excluding carboxylic acids is 4. The molecule has 5 aliphatic rings. The number of anilines is 1. The number of aromatic nitrogens is 2. The molecule has 5 aromatic rings. The third kappa shape index (κ3) is 9.32. The first kappa shape index (κ1) is 53.1. The molecule has 6 N–H and O–H groups in total. The van der Waals surface area contributed by atoms with Crippen LogP contribution in [0.25, 0.3) is 22.0 Å². The van der Waals surface area contributed by atoms with Crippen molar-refractivity contribution in [2.75, 3.05) is 57.4 Å². The molecule has 3 saturated heterocycles. The molecule has 76 heavy (non-hydrogen) atoms. The number of hydrogen-bond acceptors (Lipinski definition) is 11. The molecule has 0 radical (unpaired) electrons. The van der Waals surface area contributed by atoms with Crippen molar-refractivity contribution < 1.29 is 56.4 Å². The Labute approximate surface area is 441 Å². The molecule has 16 nitrogen and oxygen atoms in total. The van der Waals surface area contributed by atoms with E-state index in [9.17, 15) is 29.4 Å². The molecule has 5 heterocycles. The molecule has 0 spiro atoms. The number of rotatable bonds is 13. The average Bonchev–Trinajstić information content (AvgIpc) is 3.95. The SMILES string of the molecule is C[C@H]1CN(C2CCN(C(=O)C3(O)CCC(NC[C@]4(c5ccccc5)Oc5cc(F)c(Cl)c(-c6c(C(N)=O)ccc(OCCO)c6F)c5[C@@H]4C)CC3)CC2)CC[C@H]1c1c(F)cc2c(N3CCC(=O)NC3=O)nn(C)c2c1F. The molecule has 5 amide bonds. The summed E-state index contributed by atoms with van der Waals surface area (Å²) >= 11 is 6.71. The van der Waals surface area contributed by atoms with E-state index in [-0.39, 0.29) is 113 Å². The van der Waals surface area contributed by atoms with Crippen molar-refractivity contribution in [1.29, 1.82) is 0 Å². The van der Waals surface area contributed by atoms with Crippen LogP contribution >= 0.6 is 11.6 Å². The highest BCUT2D eigenvalue weighted by Gasteiger charge is 2.51. The van der Waals surface area contributed by atoms with Crippen LogP contribution in [0.1, 0.15) is 104 Å². The Morgan fingerprint density at radius 3 is 2.33 bits per heavy atom. The lowest BCUT2D eigenvalue weighted by Gasteiger charge is -2.46. The van der Waals surface area contributed by atoms with Crippen molar-refractivity contribution in [1.82, 2.24) is 30.2 Å². The standard InChI is InChI=1S/C55H61ClF4N8O8/c1-29-27-67(21-15-34(29)43-37(57)25-36-49(48(43)60)65(3)64-51(36)68-22-16-41(70)63-53(68)73)33-13-19-66(20-14-33)52(72)54(74)17-11-32(12-18-54)62-28-55(31-7-5-4-6-8-31)30(2)42-40(76-55)26-38(58)46(56)45(42)44-35(50(61)71)9-10-39(47(44)59)75-24-23-69/h4-10,25-26,29-30,32-34,62,69,74H,11-24,27-28H2,1-3H3,(H2,61,71)(H,63,70,73)/t29-,30-,32?,34+,54?,55-/m0/s1. The van der Waals surface area contributed by atoms with Crippen LogP contribution in [0.4, 0.5) is 28.2 Å². The molecule has 1 saturated carbocycles. The third-order valence-electron chi connectivity index (χ3n) is 16.7. The summed E-state index contributed by atoms with van der Waals surface area (Å²) in [6, 6.07) is 13.4. The Kier molecular flexibility index (Phi) is 14.6.